The number of hydrogen-bond donors (Lipinski definition) is 0. The summed E-state index contributed by atoms with van der Waals surface area (Å²) < 4.78 is 6.01. The van der Waals surface area contributed by atoms with Gasteiger partial charge < -0.3 is 4.74 Å². The van der Waals surface area contributed by atoms with Crippen molar-refractivity contribution in [2.24, 2.45) is 5.41 Å². The Kier molecular flexibility index (Phi) is 2.02. The minimum atomic E-state index is -0.0272. The minimum absolute atomic E-state index is 0.0272. The molecule has 1 heterocycles. The molecule has 0 radical (unpaired) electrons. The molecule has 0 aromatic carbocycles. The molecule has 1 aliphatic carbocycles. The van der Waals surface area contributed by atoms with E-state index in [-0.39, 0.29) is 5.60 Å². The van der Waals surface area contributed by atoms with Crippen molar-refractivity contribution in [3.8, 4) is 0 Å². The summed E-state index contributed by atoms with van der Waals surface area (Å²) in [7, 11) is 0. The molecule has 2 aliphatic rings. The molecule has 0 saturated heterocycles. The molecule has 0 spiro atoms. The Bertz CT molecular complexity index is 309. The van der Waals surface area contributed by atoms with E-state index in [1.54, 1.807) is 0 Å². The van der Waals surface area contributed by atoms with Gasteiger partial charge in [0.2, 0.25) is 0 Å². The van der Waals surface area contributed by atoms with Crippen molar-refractivity contribution in [2.75, 3.05) is 0 Å². The van der Waals surface area contributed by atoms with Gasteiger partial charge in [0.05, 0.1) is 5.76 Å². The van der Waals surface area contributed by atoms with Crippen LogP contribution in [0.3, 0.4) is 0 Å². The lowest BCUT2D eigenvalue weighted by Gasteiger charge is -2.47. The lowest BCUT2D eigenvalue weighted by Crippen LogP contribution is -2.42. The van der Waals surface area contributed by atoms with Crippen LogP contribution in [-0.2, 0) is 4.74 Å². The van der Waals surface area contributed by atoms with Crippen molar-refractivity contribution in [2.45, 2.75) is 52.6 Å². The molecule has 1 atom stereocenters. The number of fused-ring (bicyclic) bond motifs is 1. The van der Waals surface area contributed by atoms with Gasteiger partial charge in [0.1, 0.15) is 5.60 Å². The van der Waals surface area contributed by atoms with E-state index in [1.165, 1.54) is 18.4 Å². The number of rotatable bonds is 0. The van der Waals surface area contributed by atoms with Crippen LogP contribution in [0.25, 0.3) is 0 Å². The van der Waals surface area contributed by atoms with Crippen molar-refractivity contribution >= 4 is 0 Å². The van der Waals surface area contributed by atoms with Gasteiger partial charge in [-0.25, -0.2) is 0 Å². The third-order valence-corrected chi connectivity index (χ3v) is 3.63. The summed E-state index contributed by atoms with van der Waals surface area (Å²) in [4.78, 5) is 0. The van der Waals surface area contributed by atoms with Crippen LogP contribution in [0.1, 0.15) is 47.0 Å². The monoisotopic (exact) mass is 192 g/mol. The first-order valence-corrected chi connectivity index (χ1v) is 5.53. The topological polar surface area (TPSA) is 9.23 Å². The molecule has 1 saturated carbocycles. The summed E-state index contributed by atoms with van der Waals surface area (Å²) in [5, 5.41) is 0. The van der Waals surface area contributed by atoms with Gasteiger partial charge in [-0.15, -0.1) is 0 Å². The number of ether oxygens (including phenoxy) is 1. The third kappa shape index (κ3) is 1.39. The van der Waals surface area contributed by atoms with E-state index in [0.717, 1.165) is 12.2 Å². The van der Waals surface area contributed by atoms with Crippen LogP contribution in [0, 0.1) is 5.41 Å². The van der Waals surface area contributed by atoms with Crippen LogP contribution in [-0.4, -0.2) is 5.60 Å². The molecule has 0 aromatic rings. The maximum atomic E-state index is 6.01. The summed E-state index contributed by atoms with van der Waals surface area (Å²) in [5.41, 5.74) is 1.76. The maximum absolute atomic E-state index is 6.01. The zero-order valence-corrected chi connectivity index (χ0v) is 9.68. The second-order valence-corrected chi connectivity index (χ2v) is 5.43. The second kappa shape index (κ2) is 2.88. The van der Waals surface area contributed by atoms with Gasteiger partial charge >= 0.3 is 0 Å². The highest BCUT2D eigenvalue weighted by atomic mass is 16.5. The molecular formula is C13H20O. The highest BCUT2D eigenvalue weighted by Gasteiger charge is 2.44. The zero-order valence-electron chi connectivity index (χ0n) is 9.68. The predicted molar refractivity (Wildman–Crippen MR) is 59.0 cm³/mol. The highest BCUT2D eigenvalue weighted by molar-refractivity contribution is 5.33. The minimum Gasteiger partial charge on any atom is -0.488 e. The van der Waals surface area contributed by atoms with Crippen LogP contribution in [0.15, 0.2) is 23.5 Å². The molecule has 0 unspecified atom stereocenters. The van der Waals surface area contributed by atoms with Crippen LogP contribution in [0.2, 0.25) is 0 Å². The van der Waals surface area contributed by atoms with E-state index < -0.39 is 0 Å². The second-order valence-electron chi connectivity index (χ2n) is 5.43. The van der Waals surface area contributed by atoms with E-state index in [1.807, 2.05) is 6.92 Å². The number of allylic oxidation sites excluding steroid dienone is 3. The number of hydrogen-bond acceptors (Lipinski definition) is 1. The van der Waals surface area contributed by atoms with Crippen molar-refractivity contribution < 1.29 is 4.74 Å². The standard InChI is InChI=1S/C13H20O/c1-10-6-7-11-12(2,3)8-5-9-13(11,4)14-10/h6-7H,5,8-9H2,1-4H3/t13-/m0/s1. The lowest BCUT2D eigenvalue weighted by molar-refractivity contribution is 0.00203. The van der Waals surface area contributed by atoms with E-state index in [0.29, 0.717) is 5.41 Å². The van der Waals surface area contributed by atoms with E-state index in [2.05, 4.69) is 32.9 Å². The van der Waals surface area contributed by atoms with Crippen molar-refractivity contribution in [3.63, 3.8) is 0 Å². The molecule has 0 bridgehead atoms. The molecule has 14 heavy (non-hydrogen) atoms. The van der Waals surface area contributed by atoms with Gasteiger partial charge in [-0.2, -0.15) is 0 Å². The van der Waals surface area contributed by atoms with E-state index >= 15 is 0 Å². The Morgan fingerprint density at radius 3 is 2.57 bits per heavy atom. The van der Waals surface area contributed by atoms with Crippen molar-refractivity contribution in [1.29, 1.82) is 0 Å². The van der Waals surface area contributed by atoms with Gasteiger partial charge in [-0.05, 0) is 50.2 Å². The Balaban J connectivity index is 2.42. The summed E-state index contributed by atoms with van der Waals surface area (Å²) in [5.74, 6) is 1.05. The van der Waals surface area contributed by atoms with Gasteiger partial charge in [0.25, 0.3) is 0 Å². The first-order valence-electron chi connectivity index (χ1n) is 5.53. The fourth-order valence-electron chi connectivity index (χ4n) is 2.95. The average Bonchev–Trinajstić information content (AvgIpc) is 2.00. The molecule has 0 aromatic heterocycles. The van der Waals surface area contributed by atoms with Gasteiger partial charge in [0.15, 0.2) is 0 Å². The Morgan fingerprint density at radius 1 is 1.14 bits per heavy atom. The average molecular weight is 192 g/mol. The Morgan fingerprint density at radius 2 is 1.86 bits per heavy atom. The normalized spacial score (nSPS) is 35.1. The van der Waals surface area contributed by atoms with Crippen LogP contribution >= 0.6 is 0 Å². The molecule has 1 aliphatic heterocycles. The molecule has 78 valence electrons. The Labute approximate surface area is 86.8 Å². The van der Waals surface area contributed by atoms with Crippen LogP contribution in [0.4, 0.5) is 0 Å². The molecule has 1 nitrogen and oxygen atoms in total. The predicted octanol–water partition coefficient (Wildman–Crippen LogP) is 3.82. The summed E-state index contributed by atoms with van der Waals surface area (Å²) >= 11 is 0. The highest BCUT2D eigenvalue weighted by Crippen LogP contribution is 2.49. The third-order valence-electron chi connectivity index (χ3n) is 3.63. The molecule has 1 fully saturated rings. The molecule has 0 amide bonds. The Hall–Kier alpha value is -0.720. The first kappa shape index (κ1) is 9.82. The largest absolute Gasteiger partial charge is 0.488 e. The van der Waals surface area contributed by atoms with E-state index in [9.17, 15) is 0 Å². The summed E-state index contributed by atoms with van der Waals surface area (Å²) in [6.07, 6.45) is 8.09. The molecule has 1 heteroatoms. The molecular weight excluding hydrogens is 172 g/mol. The lowest BCUT2D eigenvalue weighted by atomic mass is 9.65. The maximum Gasteiger partial charge on any atom is 0.128 e. The van der Waals surface area contributed by atoms with Gasteiger partial charge in [-0.3, -0.25) is 0 Å². The van der Waals surface area contributed by atoms with E-state index in [4.69, 9.17) is 4.74 Å². The molecule has 0 N–H and O–H groups in total. The quantitative estimate of drug-likeness (QED) is 0.567. The van der Waals surface area contributed by atoms with Gasteiger partial charge in [0, 0.05) is 0 Å². The summed E-state index contributed by atoms with van der Waals surface area (Å²) in [6, 6.07) is 0. The van der Waals surface area contributed by atoms with Crippen LogP contribution < -0.4 is 0 Å². The van der Waals surface area contributed by atoms with Crippen molar-refractivity contribution in [1.82, 2.24) is 0 Å². The van der Waals surface area contributed by atoms with Crippen molar-refractivity contribution in [3.05, 3.63) is 23.5 Å². The smallest absolute Gasteiger partial charge is 0.128 e. The fourth-order valence-corrected chi connectivity index (χ4v) is 2.95. The summed E-state index contributed by atoms with van der Waals surface area (Å²) in [6.45, 7) is 8.93. The molecule has 2 rings (SSSR count). The fraction of sp³-hybridized carbons (Fsp3) is 0.692. The van der Waals surface area contributed by atoms with Crippen LogP contribution in [0.5, 0.6) is 0 Å². The van der Waals surface area contributed by atoms with Gasteiger partial charge in [-0.1, -0.05) is 19.9 Å². The zero-order chi connectivity index (χ0) is 10.4. The first-order chi connectivity index (χ1) is 6.44. The SMILES string of the molecule is CC1=CC=C2C(C)(C)CCC[C@]2(C)O1.